The van der Waals surface area contributed by atoms with Gasteiger partial charge in [-0.2, -0.15) is 0 Å². The second kappa shape index (κ2) is 5.70. The van der Waals surface area contributed by atoms with E-state index in [1.54, 1.807) is 24.3 Å². The molecule has 2 aromatic rings. The molecule has 2 aromatic carbocycles. The first kappa shape index (κ1) is 14.0. The lowest BCUT2D eigenvalue weighted by atomic mass is 10.1. The molecule has 3 N–H and O–H groups in total. The molecule has 7 heteroatoms. The zero-order chi connectivity index (χ0) is 14.7. The van der Waals surface area contributed by atoms with Gasteiger partial charge in [0, 0.05) is 17.4 Å². The summed E-state index contributed by atoms with van der Waals surface area (Å²) in [6, 6.07) is 10.9. The van der Waals surface area contributed by atoms with Crippen molar-refractivity contribution < 1.29 is 9.72 Å². The molecule has 0 bridgehead atoms. The van der Waals surface area contributed by atoms with Gasteiger partial charge in [0.05, 0.1) is 15.0 Å². The van der Waals surface area contributed by atoms with Gasteiger partial charge < -0.3 is 11.1 Å². The van der Waals surface area contributed by atoms with Crippen LogP contribution in [0, 0.1) is 10.1 Å². The molecule has 0 aliphatic rings. The zero-order valence-electron chi connectivity index (χ0n) is 10.2. The summed E-state index contributed by atoms with van der Waals surface area (Å²) >= 11 is 3.09. The molecule has 0 unspecified atom stereocenters. The van der Waals surface area contributed by atoms with Crippen molar-refractivity contribution in [1.82, 2.24) is 0 Å². The summed E-state index contributed by atoms with van der Waals surface area (Å²) < 4.78 is 0.293. The summed E-state index contributed by atoms with van der Waals surface area (Å²) in [5, 5.41) is 13.3. The fraction of sp³-hybridized carbons (Fsp3) is 0. The minimum Gasteiger partial charge on any atom is -0.398 e. The highest BCUT2D eigenvalue weighted by Gasteiger charge is 2.14. The Morgan fingerprint density at radius 3 is 2.55 bits per heavy atom. The van der Waals surface area contributed by atoms with Crippen molar-refractivity contribution >= 4 is 38.9 Å². The van der Waals surface area contributed by atoms with E-state index in [-0.39, 0.29) is 11.6 Å². The van der Waals surface area contributed by atoms with Crippen molar-refractivity contribution in [1.29, 1.82) is 0 Å². The lowest BCUT2D eigenvalue weighted by Crippen LogP contribution is -2.13. The van der Waals surface area contributed by atoms with Crippen LogP contribution >= 0.6 is 15.9 Å². The molecule has 6 nitrogen and oxygen atoms in total. The molecule has 0 aliphatic carbocycles. The van der Waals surface area contributed by atoms with Crippen molar-refractivity contribution in [3.05, 3.63) is 62.6 Å². The van der Waals surface area contributed by atoms with E-state index in [0.717, 1.165) is 0 Å². The second-order valence-corrected chi connectivity index (χ2v) is 4.82. The normalized spacial score (nSPS) is 10.1. The maximum Gasteiger partial charge on any atom is 0.283 e. The molecule has 0 saturated heterocycles. The first-order valence-corrected chi connectivity index (χ1v) is 6.38. The largest absolute Gasteiger partial charge is 0.398 e. The molecule has 0 heterocycles. The number of benzene rings is 2. The van der Waals surface area contributed by atoms with Gasteiger partial charge in [0.15, 0.2) is 0 Å². The number of para-hydroxylation sites is 1. The highest BCUT2D eigenvalue weighted by Crippen LogP contribution is 2.28. The molecule has 0 radical (unpaired) electrons. The van der Waals surface area contributed by atoms with Crippen LogP contribution in [0.2, 0.25) is 0 Å². The van der Waals surface area contributed by atoms with Gasteiger partial charge in [-0.3, -0.25) is 14.9 Å². The first-order chi connectivity index (χ1) is 9.49. The number of anilines is 2. The van der Waals surface area contributed by atoms with Crippen LogP contribution in [0.4, 0.5) is 17.1 Å². The van der Waals surface area contributed by atoms with Crippen LogP contribution in [0.3, 0.4) is 0 Å². The predicted octanol–water partition coefficient (Wildman–Crippen LogP) is 3.19. The molecule has 1 amide bonds. The fourth-order valence-electron chi connectivity index (χ4n) is 1.63. The van der Waals surface area contributed by atoms with Crippen molar-refractivity contribution in [2.24, 2.45) is 0 Å². The number of rotatable bonds is 3. The lowest BCUT2D eigenvalue weighted by molar-refractivity contribution is -0.385. The Bertz CT molecular complexity index is 688. The molecule has 0 spiro atoms. The third-order valence-electron chi connectivity index (χ3n) is 2.61. The lowest BCUT2D eigenvalue weighted by Gasteiger charge is -2.07. The quantitative estimate of drug-likeness (QED) is 0.511. The van der Waals surface area contributed by atoms with Gasteiger partial charge in [-0.25, -0.2) is 0 Å². The monoisotopic (exact) mass is 335 g/mol. The van der Waals surface area contributed by atoms with Crippen molar-refractivity contribution in [3.63, 3.8) is 0 Å². The number of hydrogen-bond donors (Lipinski definition) is 2. The van der Waals surface area contributed by atoms with E-state index in [9.17, 15) is 14.9 Å². The third-order valence-corrected chi connectivity index (χ3v) is 3.24. The van der Waals surface area contributed by atoms with E-state index < -0.39 is 4.92 Å². The molecule has 20 heavy (non-hydrogen) atoms. The molecular weight excluding hydrogens is 326 g/mol. The topological polar surface area (TPSA) is 98.3 Å². The smallest absolute Gasteiger partial charge is 0.283 e. The summed E-state index contributed by atoms with van der Waals surface area (Å²) in [5.41, 5.74) is 6.80. The number of amides is 1. The molecule has 0 aliphatic heterocycles. The van der Waals surface area contributed by atoms with Crippen LogP contribution in [-0.4, -0.2) is 10.8 Å². The van der Waals surface area contributed by atoms with Crippen LogP contribution in [0.5, 0.6) is 0 Å². The molecule has 0 saturated carbocycles. The summed E-state index contributed by atoms with van der Waals surface area (Å²) in [7, 11) is 0. The number of nitro benzene ring substituents is 1. The highest BCUT2D eigenvalue weighted by atomic mass is 79.9. The number of nitrogens with two attached hydrogens (primary N) is 1. The zero-order valence-corrected chi connectivity index (χ0v) is 11.8. The van der Waals surface area contributed by atoms with Gasteiger partial charge in [-0.05, 0) is 40.2 Å². The van der Waals surface area contributed by atoms with Crippen LogP contribution in [-0.2, 0) is 0 Å². The predicted molar refractivity (Wildman–Crippen MR) is 79.6 cm³/mol. The third kappa shape index (κ3) is 2.94. The molecule has 0 fully saturated rings. The van der Waals surface area contributed by atoms with Crippen LogP contribution in [0.1, 0.15) is 10.4 Å². The fourth-order valence-corrected chi connectivity index (χ4v) is 2.16. The van der Waals surface area contributed by atoms with Crippen molar-refractivity contribution in [3.8, 4) is 0 Å². The summed E-state index contributed by atoms with van der Waals surface area (Å²) in [6.07, 6.45) is 0. The van der Waals surface area contributed by atoms with E-state index in [0.29, 0.717) is 21.4 Å². The van der Waals surface area contributed by atoms with Crippen LogP contribution in [0.15, 0.2) is 46.9 Å². The van der Waals surface area contributed by atoms with Gasteiger partial charge in [0.1, 0.15) is 0 Å². The maximum absolute atomic E-state index is 12.0. The van der Waals surface area contributed by atoms with E-state index in [2.05, 4.69) is 21.2 Å². The molecule has 0 atom stereocenters. The molecule has 102 valence electrons. The van der Waals surface area contributed by atoms with Crippen molar-refractivity contribution in [2.45, 2.75) is 0 Å². The van der Waals surface area contributed by atoms with Gasteiger partial charge >= 0.3 is 0 Å². The SMILES string of the molecule is Nc1ccccc1C(=O)Nc1ccc([N+](=O)[O-])c(Br)c1. The van der Waals surface area contributed by atoms with Gasteiger partial charge in [-0.15, -0.1) is 0 Å². The van der Waals surface area contributed by atoms with Crippen LogP contribution < -0.4 is 11.1 Å². The standard InChI is InChI=1S/C13H10BrN3O3/c14-10-7-8(5-6-12(10)17(19)20)16-13(18)9-3-1-2-4-11(9)15/h1-7H,15H2,(H,16,18). The Morgan fingerprint density at radius 2 is 1.95 bits per heavy atom. The maximum atomic E-state index is 12.0. The average molecular weight is 336 g/mol. The van der Waals surface area contributed by atoms with Crippen LogP contribution in [0.25, 0.3) is 0 Å². The Kier molecular flexibility index (Phi) is 3.99. The summed E-state index contributed by atoms with van der Waals surface area (Å²) in [6.45, 7) is 0. The number of hydrogen-bond acceptors (Lipinski definition) is 4. The molecular formula is C13H10BrN3O3. The van der Waals surface area contributed by atoms with E-state index >= 15 is 0 Å². The molecule has 0 aromatic heterocycles. The number of carbonyl (C=O) groups is 1. The number of halogens is 1. The Balaban J connectivity index is 2.23. The Hall–Kier alpha value is -2.41. The minimum atomic E-state index is -0.509. The van der Waals surface area contributed by atoms with Gasteiger partial charge in [0.25, 0.3) is 11.6 Å². The van der Waals surface area contributed by atoms with E-state index in [4.69, 9.17) is 5.73 Å². The number of carbonyl (C=O) groups excluding carboxylic acids is 1. The number of nitrogen functional groups attached to an aromatic ring is 1. The number of nitrogens with one attached hydrogen (secondary N) is 1. The van der Waals surface area contributed by atoms with Gasteiger partial charge in [0.2, 0.25) is 0 Å². The summed E-state index contributed by atoms with van der Waals surface area (Å²) in [5.74, 6) is -0.371. The summed E-state index contributed by atoms with van der Waals surface area (Å²) in [4.78, 5) is 22.2. The number of nitrogens with zero attached hydrogens (tertiary/aromatic N) is 1. The van der Waals surface area contributed by atoms with E-state index in [1.165, 1.54) is 18.2 Å². The van der Waals surface area contributed by atoms with Crippen molar-refractivity contribution in [2.75, 3.05) is 11.1 Å². The average Bonchev–Trinajstić information content (AvgIpc) is 2.38. The van der Waals surface area contributed by atoms with Gasteiger partial charge in [-0.1, -0.05) is 12.1 Å². The molecule has 2 rings (SSSR count). The second-order valence-electron chi connectivity index (χ2n) is 3.96. The first-order valence-electron chi connectivity index (χ1n) is 5.59. The Morgan fingerprint density at radius 1 is 1.25 bits per heavy atom. The highest BCUT2D eigenvalue weighted by molar-refractivity contribution is 9.10. The van der Waals surface area contributed by atoms with E-state index in [1.807, 2.05) is 0 Å². The number of nitro groups is 1. The minimum absolute atomic E-state index is 0.0674. The Labute approximate surface area is 122 Å².